The predicted molar refractivity (Wildman–Crippen MR) is 73.4 cm³/mol. The fourth-order valence-corrected chi connectivity index (χ4v) is 1.93. The second-order valence-electron chi connectivity index (χ2n) is 4.90. The Kier molecular flexibility index (Phi) is 4.20. The molecular formula is C15H18FNO2. The molecule has 0 aliphatic heterocycles. The number of anilines is 1. The molecule has 1 aliphatic carbocycles. The first-order chi connectivity index (χ1) is 9.10. The first-order valence-corrected chi connectivity index (χ1v) is 6.43. The van der Waals surface area contributed by atoms with Gasteiger partial charge in [-0.3, -0.25) is 5.32 Å². The van der Waals surface area contributed by atoms with Crippen LogP contribution >= 0.6 is 0 Å². The summed E-state index contributed by atoms with van der Waals surface area (Å²) in [6.45, 7) is 4.03. The van der Waals surface area contributed by atoms with Crippen LogP contribution in [-0.2, 0) is 4.74 Å². The smallest absolute Gasteiger partial charge is 0.411 e. The van der Waals surface area contributed by atoms with E-state index in [0.717, 1.165) is 29.9 Å². The van der Waals surface area contributed by atoms with Crippen molar-refractivity contribution in [2.24, 2.45) is 5.92 Å². The van der Waals surface area contributed by atoms with E-state index in [4.69, 9.17) is 0 Å². The normalized spacial score (nSPS) is 14.0. The third-order valence-corrected chi connectivity index (χ3v) is 3.35. The molecule has 2 rings (SSSR count). The number of hydrogen-bond acceptors (Lipinski definition) is 2. The molecule has 0 bridgehead atoms. The number of rotatable bonds is 5. The maximum Gasteiger partial charge on any atom is 0.411 e. The molecule has 19 heavy (non-hydrogen) atoms. The molecule has 1 fully saturated rings. The molecule has 1 aromatic carbocycles. The zero-order valence-electron chi connectivity index (χ0n) is 11.0. The Morgan fingerprint density at radius 1 is 1.53 bits per heavy atom. The highest BCUT2D eigenvalue weighted by molar-refractivity contribution is 5.85. The van der Waals surface area contributed by atoms with E-state index in [2.05, 4.69) is 16.6 Å². The number of methoxy groups -OCH3 is 1. The first kappa shape index (κ1) is 13.6. The van der Waals surface area contributed by atoms with Crippen molar-refractivity contribution in [3.05, 3.63) is 36.2 Å². The largest absolute Gasteiger partial charge is 0.453 e. The topological polar surface area (TPSA) is 38.3 Å². The summed E-state index contributed by atoms with van der Waals surface area (Å²) < 4.78 is 18.0. The summed E-state index contributed by atoms with van der Waals surface area (Å²) >= 11 is 0. The van der Waals surface area contributed by atoms with Crippen LogP contribution in [0.1, 0.15) is 31.2 Å². The van der Waals surface area contributed by atoms with E-state index in [1.54, 1.807) is 12.1 Å². The van der Waals surface area contributed by atoms with E-state index in [1.165, 1.54) is 26.0 Å². The van der Waals surface area contributed by atoms with Gasteiger partial charge in [-0.25, -0.2) is 9.18 Å². The van der Waals surface area contributed by atoms with E-state index in [-0.39, 0.29) is 5.69 Å². The Balaban J connectivity index is 2.05. The van der Waals surface area contributed by atoms with E-state index >= 15 is 0 Å². The van der Waals surface area contributed by atoms with Gasteiger partial charge in [0.05, 0.1) is 12.8 Å². The van der Waals surface area contributed by atoms with Crippen LogP contribution in [0.3, 0.4) is 0 Å². The molecule has 0 unspecified atom stereocenters. The number of carbonyl (C=O) groups excluding carboxylic acids is 1. The molecule has 0 aromatic heterocycles. The fraction of sp³-hybridized carbons (Fsp3) is 0.400. The summed E-state index contributed by atoms with van der Waals surface area (Å²) in [5, 5.41) is 2.36. The number of benzene rings is 1. The van der Waals surface area contributed by atoms with Crippen molar-refractivity contribution in [1.29, 1.82) is 0 Å². The molecule has 4 heteroatoms. The Hall–Kier alpha value is -1.84. The number of halogens is 1. The summed E-state index contributed by atoms with van der Waals surface area (Å²) in [6, 6.07) is 4.62. The molecule has 1 aliphatic rings. The van der Waals surface area contributed by atoms with Gasteiger partial charge < -0.3 is 4.74 Å². The summed E-state index contributed by atoms with van der Waals surface area (Å²) in [6.07, 6.45) is 3.99. The molecule has 0 atom stereocenters. The van der Waals surface area contributed by atoms with Crippen LogP contribution in [-0.4, -0.2) is 13.2 Å². The maximum absolute atomic E-state index is 13.6. The number of carbonyl (C=O) groups is 1. The summed E-state index contributed by atoms with van der Waals surface area (Å²) in [7, 11) is 1.24. The molecule has 102 valence electrons. The predicted octanol–water partition coefficient (Wildman–Crippen LogP) is 4.21. The molecule has 0 spiro atoms. The van der Waals surface area contributed by atoms with Crippen molar-refractivity contribution in [1.82, 2.24) is 0 Å². The SMILES string of the molecule is C=C(CCC1CC1)c1ccc(F)c(NC(=O)OC)c1. The molecule has 1 aromatic rings. The van der Waals surface area contributed by atoms with Gasteiger partial charge in [0.25, 0.3) is 0 Å². The monoisotopic (exact) mass is 263 g/mol. The van der Waals surface area contributed by atoms with Gasteiger partial charge >= 0.3 is 6.09 Å². The summed E-state index contributed by atoms with van der Waals surface area (Å²) in [5.74, 6) is 0.356. The fourth-order valence-electron chi connectivity index (χ4n) is 1.93. The summed E-state index contributed by atoms with van der Waals surface area (Å²) in [5.41, 5.74) is 1.95. The number of amides is 1. The van der Waals surface area contributed by atoms with Gasteiger partial charge in [0, 0.05) is 0 Å². The second kappa shape index (κ2) is 5.87. The van der Waals surface area contributed by atoms with Gasteiger partial charge in [-0.15, -0.1) is 0 Å². The minimum Gasteiger partial charge on any atom is -0.453 e. The van der Waals surface area contributed by atoms with Gasteiger partial charge in [-0.1, -0.05) is 25.5 Å². The Morgan fingerprint density at radius 3 is 2.89 bits per heavy atom. The third-order valence-electron chi connectivity index (χ3n) is 3.35. The highest BCUT2D eigenvalue weighted by Gasteiger charge is 2.21. The van der Waals surface area contributed by atoms with E-state index in [9.17, 15) is 9.18 Å². The van der Waals surface area contributed by atoms with Crippen molar-refractivity contribution in [2.75, 3.05) is 12.4 Å². The van der Waals surface area contributed by atoms with Crippen molar-refractivity contribution in [3.63, 3.8) is 0 Å². The van der Waals surface area contributed by atoms with Crippen LogP contribution < -0.4 is 5.32 Å². The highest BCUT2D eigenvalue weighted by Crippen LogP contribution is 2.36. The van der Waals surface area contributed by atoms with Crippen molar-refractivity contribution in [2.45, 2.75) is 25.7 Å². The number of allylic oxidation sites excluding steroid dienone is 1. The molecule has 0 radical (unpaired) electrons. The maximum atomic E-state index is 13.6. The van der Waals surface area contributed by atoms with Gasteiger partial charge in [0.15, 0.2) is 0 Å². The number of ether oxygens (including phenoxy) is 1. The molecular weight excluding hydrogens is 245 g/mol. The Morgan fingerprint density at radius 2 is 2.26 bits per heavy atom. The lowest BCUT2D eigenvalue weighted by Crippen LogP contribution is -2.12. The van der Waals surface area contributed by atoms with Crippen molar-refractivity contribution >= 4 is 17.4 Å². The minimum absolute atomic E-state index is 0.122. The van der Waals surface area contributed by atoms with Gasteiger partial charge in [-0.2, -0.15) is 0 Å². The lowest BCUT2D eigenvalue weighted by molar-refractivity contribution is 0.187. The van der Waals surface area contributed by atoms with Crippen LogP contribution in [0.15, 0.2) is 24.8 Å². The van der Waals surface area contributed by atoms with Gasteiger partial charge in [-0.05, 0) is 42.0 Å². The minimum atomic E-state index is -0.681. The zero-order chi connectivity index (χ0) is 13.8. The van der Waals surface area contributed by atoms with Crippen LogP contribution in [0.2, 0.25) is 0 Å². The standard InChI is InChI=1S/C15H18FNO2/c1-10(3-4-11-5-6-11)12-7-8-13(16)14(9-12)17-15(18)19-2/h7-9,11H,1,3-6H2,2H3,(H,17,18). The molecule has 0 heterocycles. The Bertz CT molecular complexity index is 495. The highest BCUT2D eigenvalue weighted by atomic mass is 19.1. The van der Waals surface area contributed by atoms with Crippen LogP contribution in [0.4, 0.5) is 14.9 Å². The Labute approximate surface area is 112 Å². The van der Waals surface area contributed by atoms with Crippen LogP contribution in [0.5, 0.6) is 0 Å². The van der Waals surface area contributed by atoms with Gasteiger partial charge in [0.2, 0.25) is 0 Å². The van der Waals surface area contributed by atoms with E-state index in [0.29, 0.717) is 0 Å². The van der Waals surface area contributed by atoms with Gasteiger partial charge in [0.1, 0.15) is 5.82 Å². The lowest BCUT2D eigenvalue weighted by Gasteiger charge is -2.10. The number of hydrogen-bond donors (Lipinski definition) is 1. The first-order valence-electron chi connectivity index (χ1n) is 6.43. The molecule has 1 amide bonds. The third kappa shape index (κ3) is 3.81. The van der Waals surface area contributed by atoms with Crippen LogP contribution in [0.25, 0.3) is 5.57 Å². The van der Waals surface area contributed by atoms with Crippen molar-refractivity contribution in [3.8, 4) is 0 Å². The average molecular weight is 263 g/mol. The van der Waals surface area contributed by atoms with E-state index < -0.39 is 11.9 Å². The molecule has 0 saturated heterocycles. The van der Waals surface area contributed by atoms with Crippen molar-refractivity contribution < 1.29 is 13.9 Å². The lowest BCUT2D eigenvalue weighted by atomic mass is 10.0. The number of nitrogens with one attached hydrogen (secondary N) is 1. The molecule has 3 nitrogen and oxygen atoms in total. The second-order valence-corrected chi connectivity index (χ2v) is 4.90. The molecule has 1 N–H and O–H groups in total. The summed E-state index contributed by atoms with van der Waals surface area (Å²) in [4.78, 5) is 11.1. The average Bonchev–Trinajstić information content (AvgIpc) is 3.22. The molecule has 1 saturated carbocycles. The quantitative estimate of drug-likeness (QED) is 0.864. The van der Waals surface area contributed by atoms with Crippen LogP contribution in [0, 0.1) is 11.7 Å². The zero-order valence-corrected chi connectivity index (χ0v) is 11.0. The van der Waals surface area contributed by atoms with E-state index in [1.807, 2.05) is 0 Å².